The Bertz CT molecular complexity index is 1000. The highest BCUT2D eigenvalue weighted by Gasteiger charge is 2.14. The lowest BCUT2D eigenvalue weighted by molar-refractivity contribution is 0.132. The SMILES string of the molecule is CC(C)=CSCc1[nH]c(CNC(=O)OCC(C)C)nc1-c1ccc2ncsc2c1. The number of hydrogen-bond donors (Lipinski definition) is 2. The van der Waals surface area contributed by atoms with Crippen LogP contribution in [-0.4, -0.2) is 27.7 Å². The molecule has 0 bridgehead atoms. The van der Waals surface area contributed by atoms with Crippen molar-refractivity contribution < 1.29 is 9.53 Å². The number of thiazole rings is 1. The number of alkyl carbamates (subject to hydrolysis) is 1. The van der Waals surface area contributed by atoms with E-state index in [0.717, 1.165) is 32.9 Å². The fraction of sp³-hybridized carbons (Fsp3) is 0.381. The molecule has 3 aromatic rings. The zero-order valence-corrected chi connectivity index (χ0v) is 18.7. The van der Waals surface area contributed by atoms with Gasteiger partial charge in [-0.2, -0.15) is 0 Å². The Kier molecular flexibility index (Phi) is 7.33. The molecule has 1 amide bonds. The van der Waals surface area contributed by atoms with E-state index in [1.54, 1.807) is 23.1 Å². The number of carbonyl (C=O) groups is 1. The maximum Gasteiger partial charge on any atom is 0.407 e. The van der Waals surface area contributed by atoms with Gasteiger partial charge in [-0.15, -0.1) is 23.1 Å². The molecule has 2 N–H and O–H groups in total. The van der Waals surface area contributed by atoms with Crippen molar-refractivity contribution in [2.75, 3.05) is 6.61 Å². The average Bonchev–Trinajstić information content (AvgIpc) is 3.30. The number of amides is 1. The van der Waals surface area contributed by atoms with Crippen molar-refractivity contribution in [3.05, 3.63) is 46.2 Å². The second-order valence-electron chi connectivity index (χ2n) is 7.40. The van der Waals surface area contributed by atoms with Gasteiger partial charge in [0.2, 0.25) is 0 Å². The lowest BCUT2D eigenvalue weighted by Crippen LogP contribution is -2.25. The predicted octanol–water partition coefficient (Wildman–Crippen LogP) is 5.73. The number of nitrogens with zero attached hydrogens (tertiary/aromatic N) is 2. The zero-order valence-electron chi connectivity index (χ0n) is 17.1. The van der Waals surface area contributed by atoms with Crippen LogP contribution in [0.5, 0.6) is 0 Å². The van der Waals surface area contributed by atoms with E-state index >= 15 is 0 Å². The number of carbonyl (C=O) groups excluding carboxylic acids is 1. The van der Waals surface area contributed by atoms with Crippen LogP contribution in [0.25, 0.3) is 21.5 Å². The second-order valence-corrected chi connectivity index (χ2v) is 9.14. The molecule has 0 atom stereocenters. The fourth-order valence-corrected chi connectivity index (χ4v) is 4.14. The van der Waals surface area contributed by atoms with Crippen LogP contribution in [0.1, 0.15) is 39.2 Å². The molecule has 154 valence electrons. The van der Waals surface area contributed by atoms with Gasteiger partial charge in [-0.25, -0.2) is 14.8 Å². The summed E-state index contributed by atoms with van der Waals surface area (Å²) in [5, 5.41) is 4.90. The van der Waals surface area contributed by atoms with Crippen LogP contribution in [0, 0.1) is 5.92 Å². The summed E-state index contributed by atoms with van der Waals surface area (Å²) in [6.07, 6.45) is -0.428. The molecule has 0 aliphatic carbocycles. The number of H-pyrrole nitrogens is 1. The number of thioether (sulfide) groups is 1. The van der Waals surface area contributed by atoms with E-state index < -0.39 is 6.09 Å². The lowest BCUT2D eigenvalue weighted by atomic mass is 10.1. The van der Waals surface area contributed by atoms with Crippen molar-refractivity contribution in [2.45, 2.75) is 40.0 Å². The highest BCUT2D eigenvalue weighted by molar-refractivity contribution is 8.01. The van der Waals surface area contributed by atoms with Crippen molar-refractivity contribution in [2.24, 2.45) is 5.92 Å². The molecule has 0 spiro atoms. The first-order valence-electron chi connectivity index (χ1n) is 9.49. The third-order valence-corrected chi connectivity index (χ3v) is 5.81. The summed E-state index contributed by atoms with van der Waals surface area (Å²) in [6.45, 7) is 8.85. The molecule has 1 aromatic carbocycles. The van der Waals surface area contributed by atoms with Gasteiger partial charge in [-0.05, 0) is 37.3 Å². The Balaban J connectivity index is 1.79. The van der Waals surface area contributed by atoms with Crippen molar-refractivity contribution in [3.63, 3.8) is 0 Å². The van der Waals surface area contributed by atoms with E-state index in [-0.39, 0.29) is 0 Å². The van der Waals surface area contributed by atoms with E-state index in [0.29, 0.717) is 24.9 Å². The topological polar surface area (TPSA) is 79.9 Å². The molecule has 6 nitrogen and oxygen atoms in total. The molecule has 0 aliphatic rings. The minimum atomic E-state index is -0.428. The molecule has 0 aliphatic heterocycles. The Labute approximate surface area is 179 Å². The summed E-state index contributed by atoms with van der Waals surface area (Å²) in [5.74, 6) is 1.78. The zero-order chi connectivity index (χ0) is 20.8. The molecular formula is C21H26N4O2S2. The first-order valence-corrected chi connectivity index (χ1v) is 11.4. The quantitative estimate of drug-likeness (QED) is 0.477. The van der Waals surface area contributed by atoms with Gasteiger partial charge in [0, 0.05) is 11.3 Å². The highest BCUT2D eigenvalue weighted by Crippen LogP contribution is 2.29. The van der Waals surface area contributed by atoms with Crippen LogP contribution in [-0.2, 0) is 17.0 Å². The molecule has 0 saturated carbocycles. The van der Waals surface area contributed by atoms with Crippen LogP contribution in [0.2, 0.25) is 0 Å². The summed E-state index contributed by atoms with van der Waals surface area (Å²) < 4.78 is 6.30. The normalized spacial score (nSPS) is 11.1. The van der Waals surface area contributed by atoms with Gasteiger partial charge in [-0.3, -0.25) is 0 Å². The Morgan fingerprint density at radius 1 is 1.38 bits per heavy atom. The Morgan fingerprint density at radius 2 is 2.21 bits per heavy atom. The molecule has 8 heteroatoms. The Hall–Kier alpha value is -2.32. The number of aromatic amines is 1. The standard InChI is InChI=1S/C21H26N4O2S2/c1-13(2)9-27-21(26)22-8-19-24-17(11-28-10-14(3)4)20(25-19)15-5-6-16-18(7-15)29-12-23-16/h5-7,10,12-13H,8-9,11H2,1-4H3,(H,22,26)(H,24,25). The van der Waals surface area contributed by atoms with E-state index in [2.05, 4.69) is 40.6 Å². The number of fused-ring (bicyclic) bond motifs is 1. The molecule has 2 aromatic heterocycles. The maximum absolute atomic E-state index is 11.9. The molecule has 3 rings (SSSR count). The minimum absolute atomic E-state index is 0.292. The number of aromatic nitrogens is 3. The summed E-state index contributed by atoms with van der Waals surface area (Å²) in [7, 11) is 0. The van der Waals surface area contributed by atoms with E-state index in [4.69, 9.17) is 9.72 Å². The smallest absolute Gasteiger partial charge is 0.407 e. The Morgan fingerprint density at radius 3 is 2.97 bits per heavy atom. The van der Waals surface area contributed by atoms with E-state index in [1.807, 2.05) is 31.5 Å². The van der Waals surface area contributed by atoms with E-state index in [1.165, 1.54) is 5.57 Å². The van der Waals surface area contributed by atoms with Gasteiger partial charge in [0.15, 0.2) is 0 Å². The van der Waals surface area contributed by atoms with Gasteiger partial charge >= 0.3 is 6.09 Å². The molecule has 0 saturated heterocycles. The predicted molar refractivity (Wildman–Crippen MR) is 121 cm³/mol. The fourth-order valence-electron chi connectivity index (χ4n) is 2.63. The first-order chi connectivity index (χ1) is 13.9. The number of nitrogens with one attached hydrogen (secondary N) is 2. The number of allylic oxidation sites excluding steroid dienone is 1. The summed E-state index contributed by atoms with van der Waals surface area (Å²) in [4.78, 5) is 24.3. The van der Waals surface area contributed by atoms with Crippen LogP contribution in [0.4, 0.5) is 4.79 Å². The average molecular weight is 431 g/mol. The lowest BCUT2D eigenvalue weighted by Gasteiger charge is -2.07. The number of benzene rings is 1. The van der Waals surface area contributed by atoms with Gasteiger partial charge in [0.1, 0.15) is 5.82 Å². The highest BCUT2D eigenvalue weighted by atomic mass is 32.2. The van der Waals surface area contributed by atoms with Crippen LogP contribution in [0.3, 0.4) is 0 Å². The largest absolute Gasteiger partial charge is 0.449 e. The second kappa shape index (κ2) is 9.93. The van der Waals surface area contributed by atoms with Crippen molar-refractivity contribution in [1.82, 2.24) is 20.3 Å². The first kappa shape index (κ1) is 21.4. The van der Waals surface area contributed by atoms with Crippen LogP contribution in [0.15, 0.2) is 34.7 Å². The minimum Gasteiger partial charge on any atom is -0.449 e. The van der Waals surface area contributed by atoms with Gasteiger partial charge in [0.25, 0.3) is 0 Å². The van der Waals surface area contributed by atoms with Gasteiger partial charge in [0.05, 0.1) is 40.3 Å². The molecule has 29 heavy (non-hydrogen) atoms. The molecule has 2 heterocycles. The molecule has 0 unspecified atom stereocenters. The van der Waals surface area contributed by atoms with Gasteiger partial charge in [-0.1, -0.05) is 25.5 Å². The number of imidazole rings is 1. The third-order valence-electron chi connectivity index (χ3n) is 3.93. The molecular weight excluding hydrogens is 404 g/mol. The maximum atomic E-state index is 11.9. The monoisotopic (exact) mass is 430 g/mol. The van der Waals surface area contributed by atoms with Crippen LogP contribution >= 0.6 is 23.1 Å². The van der Waals surface area contributed by atoms with Crippen LogP contribution < -0.4 is 5.32 Å². The summed E-state index contributed by atoms with van der Waals surface area (Å²) in [5.41, 5.74) is 7.08. The van der Waals surface area contributed by atoms with E-state index in [9.17, 15) is 4.79 Å². The molecule has 0 radical (unpaired) electrons. The summed E-state index contributed by atoms with van der Waals surface area (Å²) >= 11 is 3.34. The number of ether oxygens (including phenoxy) is 1. The van der Waals surface area contributed by atoms with Gasteiger partial charge < -0.3 is 15.0 Å². The molecule has 0 fully saturated rings. The summed E-state index contributed by atoms with van der Waals surface area (Å²) in [6, 6.07) is 6.18. The third kappa shape index (κ3) is 6.08. The van der Waals surface area contributed by atoms with Crippen molar-refractivity contribution >= 4 is 39.4 Å². The number of hydrogen-bond acceptors (Lipinski definition) is 6. The number of rotatable bonds is 8. The van der Waals surface area contributed by atoms with Crippen molar-refractivity contribution in [1.29, 1.82) is 0 Å². The van der Waals surface area contributed by atoms with Crippen molar-refractivity contribution in [3.8, 4) is 11.3 Å².